The van der Waals surface area contributed by atoms with Crippen LogP contribution in [-0.2, 0) is 19.6 Å². The standard InChI is InChI=1S/C12H16N2O5S2/c1-2-19-12(16)11-9(3-4-20-11)14-6-8(5-10(14)15)7-21(13,17)18/h3-4,8H,2,5-7H2,1H3,(H2,13,17,18). The largest absolute Gasteiger partial charge is 0.462 e. The summed E-state index contributed by atoms with van der Waals surface area (Å²) >= 11 is 1.19. The molecule has 1 fully saturated rings. The zero-order valence-electron chi connectivity index (χ0n) is 11.4. The van der Waals surface area contributed by atoms with E-state index in [2.05, 4.69) is 0 Å². The van der Waals surface area contributed by atoms with Crippen LogP contribution in [0.1, 0.15) is 23.0 Å². The average Bonchev–Trinajstić information content (AvgIpc) is 2.93. The molecule has 1 aliphatic heterocycles. The first-order chi connectivity index (χ1) is 9.81. The summed E-state index contributed by atoms with van der Waals surface area (Å²) in [5, 5.41) is 6.71. The SMILES string of the molecule is CCOC(=O)c1sccc1N1CC(CS(N)(=O)=O)CC1=O. The monoisotopic (exact) mass is 332 g/mol. The van der Waals surface area contributed by atoms with Gasteiger partial charge < -0.3 is 9.64 Å². The molecule has 2 N–H and O–H groups in total. The van der Waals surface area contributed by atoms with Crippen molar-refractivity contribution in [2.45, 2.75) is 13.3 Å². The molecule has 1 aromatic rings. The average molecular weight is 332 g/mol. The highest BCUT2D eigenvalue weighted by atomic mass is 32.2. The topological polar surface area (TPSA) is 107 Å². The normalized spacial score (nSPS) is 19.0. The molecule has 0 spiro atoms. The Kier molecular flexibility index (Phi) is 4.64. The fourth-order valence-corrected chi connectivity index (χ4v) is 3.99. The second-order valence-corrected chi connectivity index (χ2v) is 7.33. The molecule has 2 heterocycles. The molecule has 2 rings (SSSR count). The van der Waals surface area contributed by atoms with Crippen LogP contribution in [0.3, 0.4) is 0 Å². The Balaban J connectivity index is 2.18. The fourth-order valence-electron chi connectivity index (χ4n) is 2.32. The van der Waals surface area contributed by atoms with E-state index in [1.165, 1.54) is 16.2 Å². The molecule has 1 atom stereocenters. The Morgan fingerprint density at radius 1 is 1.57 bits per heavy atom. The molecule has 0 bridgehead atoms. The van der Waals surface area contributed by atoms with Crippen molar-refractivity contribution in [2.75, 3.05) is 23.8 Å². The number of primary sulfonamides is 1. The minimum atomic E-state index is -3.63. The van der Waals surface area contributed by atoms with Gasteiger partial charge in [0.1, 0.15) is 4.88 Å². The van der Waals surface area contributed by atoms with Crippen LogP contribution < -0.4 is 10.0 Å². The highest BCUT2D eigenvalue weighted by Gasteiger charge is 2.35. The number of hydrogen-bond acceptors (Lipinski definition) is 6. The van der Waals surface area contributed by atoms with E-state index >= 15 is 0 Å². The number of amides is 1. The van der Waals surface area contributed by atoms with Crippen LogP contribution in [0.5, 0.6) is 0 Å². The Bertz CT molecular complexity index is 652. The third-order valence-corrected chi connectivity index (χ3v) is 4.89. The maximum atomic E-state index is 12.0. The van der Waals surface area contributed by atoms with Crippen molar-refractivity contribution in [1.29, 1.82) is 0 Å². The number of sulfonamides is 1. The van der Waals surface area contributed by atoms with Crippen molar-refractivity contribution >= 4 is 38.9 Å². The first-order valence-corrected chi connectivity index (χ1v) is 8.96. The van der Waals surface area contributed by atoms with E-state index in [9.17, 15) is 18.0 Å². The first-order valence-electron chi connectivity index (χ1n) is 6.37. The zero-order chi connectivity index (χ0) is 15.6. The maximum Gasteiger partial charge on any atom is 0.350 e. The van der Waals surface area contributed by atoms with E-state index in [0.717, 1.165) is 0 Å². The van der Waals surface area contributed by atoms with Crippen molar-refractivity contribution in [1.82, 2.24) is 0 Å². The molecule has 21 heavy (non-hydrogen) atoms. The highest BCUT2D eigenvalue weighted by Crippen LogP contribution is 2.32. The summed E-state index contributed by atoms with van der Waals surface area (Å²) < 4.78 is 27.2. The lowest BCUT2D eigenvalue weighted by molar-refractivity contribution is -0.117. The number of hydrogen-bond donors (Lipinski definition) is 1. The molecule has 0 aromatic carbocycles. The fraction of sp³-hybridized carbons (Fsp3) is 0.500. The van der Waals surface area contributed by atoms with Crippen molar-refractivity contribution < 1.29 is 22.7 Å². The van der Waals surface area contributed by atoms with Gasteiger partial charge >= 0.3 is 5.97 Å². The first kappa shape index (κ1) is 15.9. The summed E-state index contributed by atoms with van der Waals surface area (Å²) in [5.41, 5.74) is 0.473. The summed E-state index contributed by atoms with van der Waals surface area (Å²) in [5.74, 6) is -1.30. The second kappa shape index (κ2) is 6.12. The molecule has 0 aliphatic carbocycles. The molecular formula is C12H16N2O5S2. The lowest BCUT2D eigenvalue weighted by atomic mass is 10.1. The van der Waals surface area contributed by atoms with Gasteiger partial charge in [-0.05, 0) is 18.4 Å². The van der Waals surface area contributed by atoms with Gasteiger partial charge in [0.15, 0.2) is 0 Å². The molecule has 0 saturated carbocycles. The smallest absolute Gasteiger partial charge is 0.350 e. The van der Waals surface area contributed by atoms with E-state index in [4.69, 9.17) is 9.88 Å². The molecule has 1 aliphatic rings. The van der Waals surface area contributed by atoms with Crippen LogP contribution in [0, 0.1) is 5.92 Å². The molecule has 116 valence electrons. The molecule has 0 radical (unpaired) electrons. The number of carbonyl (C=O) groups is 2. The van der Waals surface area contributed by atoms with Gasteiger partial charge in [0.2, 0.25) is 15.9 Å². The Morgan fingerprint density at radius 2 is 2.29 bits per heavy atom. The third kappa shape index (κ3) is 3.80. The number of thiophene rings is 1. The van der Waals surface area contributed by atoms with Crippen molar-refractivity contribution in [3.05, 3.63) is 16.3 Å². The number of ether oxygens (including phenoxy) is 1. The van der Waals surface area contributed by atoms with Gasteiger partial charge in [0, 0.05) is 18.9 Å². The van der Waals surface area contributed by atoms with Crippen molar-refractivity contribution in [3.8, 4) is 0 Å². The summed E-state index contributed by atoms with van der Waals surface area (Å²) in [6.45, 7) is 2.19. The van der Waals surface area contributed by atoms with Crippen LogP contribution in [0.25, 0.3) is 0 Å². The van der Waals surface area contributed by atoms with Gasteiger partial charge in [-0.3, -0.25) is 4.79 Å². The van der Waals surface area contributed by atoms with Gasteiger partial charge in [-0.15, -0.1) is 11.3 Å². The number of anilines is 1. The van der Waals surface area contributed by atoms with Gasteiger partial charge in [-0.1, -0.05) is 0 Å². The molecule has 1 amide bonds. The van der Waals surface area contributed by atoms with E-state index in [0.29, 0.717) is 10.6 Å². The Hall–Kier alpha value is -1.45. The molecule has 9 heteroatoms. The third-order valence-electron chi connectivity index (χ3n) is 3.07. The predicted octanol–water partition coefficient (Wildman–Crippen LogP) is 0.566. The lowest BCUT2D eigenvalue weighted by Crippen LogP contribution is -2.28. The van der Waals surface area contributed by atoms with E-state index in [1.807, 2.05) is 0 Å². The summed E-state index contributed by atoms with van der Waals surface area (Å²) in [4.78, 5) is 25.7. The van der Waals surface area contributed by atoms with Crippen molar-refractivity contribution in [2.24, 2.45) is 11.1 Å². The van der Waals surface area contributed by atoms with E-state index in [1.54, 1.807) is 18.4 Å². The lowest BCUT2D eigenvalue weighted by Gasteiger charge is -2.16. The van der Waals surface area contributed by atoms with Gasteiger partial charge in [-0.2, -0.15) is 0 Å². The van der Waals surface area contributed by atoms with Gasteiger partial charge in [-0.25, -0.2) is 18.4 Å². The quantitative estimate of drug-likeness (QED) is 0.793. The number of carbonyl (C=O) groups excluding carboxylic acids is 2. The summed E-state index contributed by atoms with van der Waals surface area (Å²) in [7, 11) is -3.63. The minimum Gasteiger partial charge on any atom is -0.462 e. The van der Waals surface area contributed by atoms with Gasteiger partial charge in [0.25, 0.3) is 0 Å². The molecule has 7 nitrogen and oxygen atoms in total. The minimum absolute atomic E-state index is 0.106. The zero-order valence-corrected chi connectivity index (χ0v) is 13.1. The number of nitrogens with zero attached hydrogens (tertiary/aromatic N) is 1. The van der Waals surface area contributed by atoms with Gasteiger partial charge in [0.05, 0.1) is 18.0 Å². The van der Waals surface area contributed by atoms with Crippen molar-refractivity contribution in [3.63, 3.8) is 0 Å². The van der Waals surface area contributed by atoms with Crippen LogP contribution in [0.4, 0.5) is 5.69 Å². The summed E-state index contributed by atoms with van der Waals surface area (Å²) in [6.07, 6.45) is 0.106. The van der Waals surface area contributed by atoms with Crippen LogP contribution in [0.15, 0.2) is 11.4 Å². The van der Waals surface area contributed by atoms with Crippen LogP contribution in [0.2, 0.25) is 0 Å². The number of esters is 1. The molecule has 1 aromatic heterocycles. The summed E-state index contributed by atoms with van der Waals surface area (Å²) in [6, 6.07) is 1.66. The van der Waals surface area contributed by atoms with Crippen LogP contribution in [-0.4, -0.2) is 39.2 Å². The number of nitrogens with two attached hydrogens (primary N) is 1. The maximum absolute atomic E-state index is 12.0. The molecule has 1 unspecified atom stereocenters. The van der Waals surface area contributed by atoms with Crippen LogP contribution >= 0.6 is 11.3 Å². The Morgan fingerprint density at radius 3 is 2.90 bits per heavy atom. The second-order valence-electron chi connectivity index (χ2n) is 4.76. The molecular weight excluding hydrogens is 316 g/mol. The molecule has 1 saturated heterocycles. The number of rotatable bonds is 5. The Labute approximate surface area is 126 Å². The van der Waals surface area contributed by atoms with E-state index in [-0.39, 0.29) is 37.2 Å². The predicted molar refractivity (Wildman–Crippen MR) is 78.7 cm³/mol. The highest BCUT2D eigenvalue weighted by molar-refractivity contribution is 7.89. The van der Waals surface area contributed by atoms with E-state index < -0.39 is 16.0 Å².